The van der Waals surface area contributed by atoms with E-state index in [0.717, 1.165) is 29.7 Å². The van der Waals surface area contributed by atoms with Crippen LogP contribution in [-0.2, 0) is 5.54 Å². The maximum absolute atomic E-state index is 13.8. The van der Waals surface area contributed by atoms with Gasteiger partial charge in [0.1, 0.15) is 11.6 Å². The summed E-state index contributed by atoms with van der Waals surface area (Å²) in [7, 11) is 0. The largest absolute Gasteiger partial charge is 0.321 e. The van der Waals surface area contributed by atoms with Gasteiger partial charge in [-0.1, -0.05) is 0 Å². The van der Waals surface area contributed by atoms with E-state index >= 15 is 0 Å². The van der Waals surface area contributed by atoms with Gasteiger partial charge in [-0.3, -0.25) is 0 Å². The van der Waals surface area contributed by atoms with Crippen LogP contribution in [0.1, 0.15) is 44.3 Å². The fourth-order valence-electron chi connectivity index (χ4n) is 2.84. The lowest BCUT2D eigenvalue weighted by Crippen LogP contribution is -2.38. The molecule has 19 heavy (non-hydrogen) atoms. The Morgan fingerprint density at radius 3 is 2.68 bits per heavy atom. The number of nitrogens with zero attached hydrogens (tertiary/aromatic N) is 2. The van der Waals surface area contributed by atoms with Gasteiger partial charge in [0, 0.05) is 11.6 Å². The first-order valence-electron chi connectivity index (χ1n) is 6.44. The van der Waals surface area contributed by atoms with Crippen molar-refractivity contribution in [2.75, 3.05) is 0 Å². The fourth-order valence-corrected chi connectivity index (χ4v) is 3.32. The third kappa shape index (κ3) is 2.00. The zero-order chi connectivity index (χ0) is 13.8. The van der Waals surface area contributed by atoms with Crippen LogP contribution in [0.3, 0.4) is 0 Å². The maximum Gasteiger partial charge on any atom is 0.139 e. The van der Waals surface area contributed by atoms with Gasteiger partial charge >= 0.3 is 0 Å². The van der Waals surface area contributed by atoms with E-state index in [0.29, 0.717) is 4.47 Å². The molecule has 1 atom stereocenters. The maximum atomic E-state index is 13.8. The van der Waals surface area contributed by atoms with E-state index in [1.54, 1.807) is 12.1 Å². The third-order valence-corrected chi connectivity index (χ3v) is 4.85. The number of halogens is 3. The van der Waals surface area contributed by atoms with E-state index in [1.807, 2.05) is 6.92 Å². The molecule has 0 spiro atoms. The summed E-state index contributed by atoms with van der Waals surface area (Å²) < 4.78 is 16.4. The molecule has 1 unspecified atom stereocenters. The molecule has 1 heterocycles. The summed E-state index contributed by atoms with van der Waals surface area (Å²) in [5, 5.41) is -0.188. The summed E-state index contributed by atoms with van der Waals surface area (Å²) in [5.74, 6) is 0.571. The molecule has 5 heteroatoms. The molecule has 1 aromatic carbocycles. The van der Waals surface area contributed by atoms with E-state index in [9.17, 15) is 4.39 Å². The van der Waals surface area contributed by atoms with Crippen molar-refractivity contribution >= 4 is 38.6 Å². The normalized spacial score (nSPS) is 19.4. The standard InChI is InChI=1S/C14H15BrClFN2/c1-8(16)13-18-11-6-9(15)10(17)7-12(11)19(13)14(2)4-3-5-14/h6-8H,3-5H2,1-2H3. The van der Waals surface area contributed by atoms with E-state index in [2.05, 4.69) is 32.4 Å². The Hall–Kier alpha value is -0.610. The van der Waals surface area contributed by atoms with Gasteiger partial charge in [0.25, 0.3) is 0 Å². The first-order chi connectivity index (χ1) is 8.92. The molecule has 1 aliphatic carbocycles. The Morgan fingerprint density at radius 1 is 1.47 bits per heavy atom. The number of benzene rings is 1. The van der Waals surface area contributed by atoms with Crippen LogP contribution in [0, 0.1) is 5.82 Å². The van der Waals surface area contributed by atoms with Gasteiger partial charge in [-0.25, -0.2) is 9.37 Å². The van der Waals surface area contributed by atoms with Crippen molar-refractivity contribution < 1.29 is 4.39 Å². The zero-order valence-corrected chi connectivity index (χ0v) is 13.2. The second-order valence-corrected chi connectivity index (χ2v) is 7.04. The van der Waals surface area contributed by atoms with Gasteiger partial charge in [0.15, 0.2) is 0 Å². The first-order valence-corrected chi connectivity index (χ1v) is 7.67. The predicted molar refractivity (Wildman–Crippen MR) is 79.2 cm³/mol. The van der Waals surface area contributed by atoms with E-state index in [1.165, 1.54) is 6.42 Å². The number of hydrogen-bond donors (Lipinski definition) is 0. The SMILES string of the molecule is CC(Cl)c1nc2cc(Br)c(F)cc2n1C1(C)CCC1. The van der Waals surface area contributed by atoms with Crippen molar-refractivity contribution in [3.8, 4) is 0 Å². The van der Waals surface area contributed by atoms with Crippen LogP contribution >= 0.6 is 27.5 Å². The molecule has 2 nitrogen and oxygen atoms in total. The van der Waals surface area contributed by atoms with Gasteiger partial charge in [0.2, 0.25) is 0 Å². The molecule has 0 N–H and O–H groups in total. The topological polar surface area (TPSA) is 17.8 Å². The molecule has 1 saturated carbocycles. The average molecular weight is 346 g/mol. The lowest BCUT2D eigenvalue weighted by molar-refractivity contribution is 0.169. The quantitative estimate of drug-likeness (QED) is 0.689. The van der Waals surface area contributed by atoms with Crippen molar-refractivity contribution in [1.29, 1.82) is 0 Å². The first kappa shape index (κ1) is 13.4. The Kier molecular flexibility index (Phi) is 3.13. The molecule has 0 amide bonds. The van der Waals surface area contributed by atoms with Crippen molar-refractivity contribution in [2.24, 2.45) is 0 Å². The summed E-state index contributed by atoms with van der Waals surface area (Å²) >= 11 is 9.47. The summed E-state index contributed by atoms with van der Waals surface area (Å²) in [6.45, 7) is 4.10. The highest BCUT2D eigenvalue weighted by atomic mass is 79.9. The monoisotopic (exact) mass is 344 g/mol. The minimum absolute atomic E-state index is 0.0213. The second kappa shape index (κ2) is 4.45. The van der Waals surface area contributed by atoms with Crippen LogP contribution in [0.15, 0.2) is 16.6 Å². The predicted octanol–water partition coefficient (Wildman–Crippen LogP) is 5.14. The number of hydrogen-bond acceptors (Lipinski definition) is 1. The van der Waals surface area contributed by atoms with Gasteiger partial charge in [-0.05, 0) is 55.1 Å². The summed E-state index contributed by atoms with van der Waals surface area (Å²) in [5.41, 5.74) is 1.65. The molecular formula is C14H15BrClFN2. The Balaban J connectivity index is 2.32. The highest BCUT2D eigenvalue weighted by Gasteiger charge is 2.37. The smallest absolute Gasteiger partial charge is 0.139 e. The Morgan fingerprint density at radius 2 is 2.16 bits per heavy atom. The summed E-state index contributed by atoms with van der Waals surface area (Å²) in [4.78, 5) is 4.60. The molecule has 1 aliphatic rings. The number of rotatable bonds is 2. The zero-order valence-electron chi connectivity index (χ0n) is 10.9. The van der Waals surface area contributed by atoms with E-state index in [-0.39, 0.29) is 16.7 Å². The molecule has 1 aromatic heterocycles. The van der Waals surface area contributed by atoms with Gasteiger partial charge in [-0.2, -0.15) is 0 Å². The Bertz CT molecular complexity index is 646. The molecule has 2 aromatic rings. The lowest BCUT2D eigenvalue weighted by Gasteiger charge is -2.41. The minimum atomic E-state index is -0.259. The minimum Gasteiger partial charge on any atom is -0.321 e. The van der Waals surface area contributed by atoms with E-state index < -0.39 is 0 Å². The van der Waals surface area contributed by atoms with Crippen molar-refractivity contribution in [3.63, 3.8) is 0 Å². The number of aromatic nitrogens is 2. The molecule has 3 rings (SSSR count). The van der Waals surface area contributed by atoms with Crippen LogP contribution in [0.4, 0.5) is 4.39 Å². The highest BCUT2D eigenvalue weighted by Crippen LogP contribution is 2.43. The van der Waals surface area contributed by atoms with Crippen LogP contribution in [0.2, 0.25) is 0 Å². The van der Waals surface area contributed by atoms with Crippen molar-refractivity contribution in [3.05, 3.63) is 28.2 Å². The summed E-state index contributed by atoms with van der Waals surface area (Å²) in [6.07, 6.45) is 3.38. The van der Waals surface area contributed by atoms with Crippen LogP contribution in [-0.4, -0.2) is 9.55 Å². The molecule has 1 fully saturated rings. The Labute approximate surface area is 125 Å². The second-order valence-electron chi connectivity index (χ2n) is 5.53. The molecule has 0 bridgehead atoms. The van der Waals surface area contributed by atoms with Crippen LogP contribution in [0.5, 0.6) is 0 Å². The molecule has 102 valence electrons. The molecule has 0 radical (unpaired) electrons. The third-order valence-electron chi connectivity index (χ3n) is 4.05. The van der Waals surface area contributed by atoms with Crippen LogP contribution in [0.25, 0.3) is 11.0 Å². The average Bonchev–Trinajstić information content (AvgIpc) is 2.66. The lowest BCUT2D eigenvalue weighted by atomic mass is 9.78. The van der Waals surface area contributed by atoms with Gasteiger partial charge in [0.05, 0.1) is 20.9 Å². The highest BCUT2D eigenvalue weighted by molar-refractivity contribution is 9.10. The number of fused-ring (bicyclic) bond motifs is 1. The molecule has 0 aliphatic heterocycles. The molecular weight excluding hydrogens is 331 g/mol. The van der Waals surface area contributed by atoms with Crippen molar-refractivity contribution in [2.45, 2.75) is 44.0 Å². The number of alkyl halides is 1. The van der Waals surface area contributed by atoms with E-state index in [4.69, 9.17) is 11.6 Å². The molecule has 0 saturated heterocycles. The number of imidazole rings is 1. The summed E-state index contributed by atoms with van der Waals surface area (Å²) in [6, 6.07) is 3.28. The van der Waals surface area contributed by atoms with Gasteiger partial charge < -0.3 is 4.57 Å². The van der Waals surface area contributed by atoms with Crippen LogP contribution < -0.4 is 0 Å². The van der Waals surface area contributed by atoms with Crippen molar-refractivity contribution in [1.82, 2.24) is 9.55 Å². The fraction of sp³-hybridized carbons (Fsp3) is 0.500. The van der Waals surface area contributed by atoms with Gasteiger partial charge in [-0.15, -0.1) is 11.6 Å².